The Bertz CT molecular complexity index is 1240. The highest BCUT2D eigenvalue weighted by molar-refractivity contribution is 7.89. The highest BCUT2D eigenvalue weighted by Crippen LogP contribution is 2.22. The van der Waals surface area contributed by atoms with Crippen molar-refractivity contribution in [1.29, 1.82) is 0 Å². The van der Waals surface area contributed by atoms with Gasteiger partial charge in [0.05, 0.1) is 21.2 Å². The molecule has 3 rings (SSSR count). The summed E-state index contributed by atoms with van der Waals surface area (Å²) in [6.07, 6.45) is 0. The first-order valence-electron chi connectivity index (χ1n) is 9.15. The van der Waals surface area contributed by atoms with Gasteiger partial charge in [0.1, 0.15) is 0 Å². The average Bonchev–Trinajstić information content (AvgIpc) is 2.73. The van der Waals surface area contributed by atoms with Crippen LogP contribution in [0, 0.1) is 6.92 Å². The van der Waals surface area contributed by atoms with Crippen LogP contribution in [0.3, 0.4) is 0 Å². The third kappa shape index (κ3) is 5.85. The second-order valence-electron chi connectivity index (χ2n) is 6.76. The topological polar surface area (TPSA) is 87.6 Å². The van der Waals surface area contributed by atoms with E-state index in [0.717, 1.165) is 5.56 Å². The van der Waals surface area contributed by atoms with Gasteiger partial charge in [0.2, 0.25) is 0 Å². The highest BCUT2D eigenvalue weighted by atomic mass is 35.5. The minimum atomic E-state index is -3.76. The summed E-state index contributed by atoms with van der Waals surface area (Å²) in [6, 6.07) is 17.9. The number of nitrogens with zero attached hydrogens (tertiary/aromatic N) is 1. The molecule has 3 aromatic rings. The number of nitrogens with one attached hydrogen (secondary N) is 2. The molecule has 0 aliphatic rings. The van der Waals surface area contributed by atoms with Crippen molar-refractivity contribution < 1.29 is 13.2 Å². The highest BCUT2D eigenvalue weighted by Gasteiger charge is 2.13. The van der Waals surface area contributed by atoms with Crippen LogP contribution in [0.1, 0.15) is 28.4 Å². The fraction of sp³-hybridized carbons (Fsp3) is 0.0909. The molecule has 6 nitrogen and oxygen atoms in total. The van der Waals surface area contributed by atoms with Crippen molar-refractivity contribution in [3.63, 3.8) is 0 Å². The first-order valence-corrected chi connectivity index (χ1v) is 11.4. The fourth-order valence-electron chi connectivity index (χ4n) is 2.63. The van der Waals surface area contributed by atoms with Crippen molar-refractivity contribution in [3.05, 3.63) is 93.5 Å². The van der Waals surface area contributed by atoms with E-state index in [1.165, 1.54) is 18.2 Å². The number of anilines is 1. The molecule has 0 heterocycles. The number of hydrazone groups is 1. The number of hydrogen-bond donors (Lipinski definition) is 2. The maximum atomic E-state index is 12.4. The van der Waals surface area contributed by atoms with Gasteiger partial charge in [0, 0.05) is 10.7 Å². The van der Waals surface area contributed by atoms with Crippen LogP contribution in [0.5, 0.6) is 0 Å². The van der Waals surface area contributed by atoms with Gasteiger partial charge in [-0.3, -0.25) is 4.79 Å². The maximum Gasteiger partial charge on any atom is 0.276 e. The summed E-state index contributed by atoms with van der Waals surface area (Å²) in [7, 11) is -3.76. The first-order chi connectivity index (χ1) is 14.7. The molecule has 0 aliphatic heterocycles. The zero-order valence-electron chi connectivity index (χ0n) is 16.7. The van der Waals surface area contributed by atoms with Gasteiger partial charge < -0.3 is 5.32 Å². The van der Waals surface area contributed by atoms with E-state index in [2.05, 4.69) is 15.2 Å². The van der Waals surface area contributed by atoms with Crippen LogP contribution in [0.25, 0.3) is 0 Å². The van der Waals surface area contributed by atoms with Gasteiger partial charge in [-0.2, -0.15) is 18.4 Å². The third-order valence-corrected chi connectivity index (χ3v) is 6.17. The van der Waals surface area contributed by atoms with Gasteiger partial charge in [0.25, 0.3) is 15.9 Å². The Hall–Kier alpha value is -2.87. The summed E-state index contributed by atoms with van der Waals surface area (Å²) >= 11 is 11.9. The molecule has 0 atom stereocenters. The number of halogens is 2. The zero-order chi connectivity index (χ0) is 22.6. The van der Waals surface area contributed by atoms with E-state index < -0.39 is 10.0 Å². The standard InChI is InChI=1S/C22H19Cl2N3O3S/c1-14-3-10-19(11-4-14)31(29,30)27-26-15(2)16-5-8-18(9-6-16)25-22(28)20-12-7-17(23)13-21(20)24/h3-13,27H,1-2H3,(H,25,28). The number of aryl methyl sites for hydroxylation is 1. The maximum absolute atomic E-state index is 12.4. The summed E-state index contributed by atoms with van der Waals surface area (Å²) in [5.74, 6) is -0.370. The molecule has 0 fully saturated rings. The molecule has 1 amide bonds. The number of carbonyl (C=O) groups is 1. The van der Waals surface area contributed by atoms with E-state index >= 15 is 0 Å². The summed E-state index contributed by atoms with van der Waals surface area (Å²) in [5.41, 5.74) is 2.97. The Morgan fingerprint density at radius 3 is 2.19 bits per heavy atom. The second kappa shape index (κ2) is 9.51. The molecule has 0 spiro atoms. The van der Waals surface area contributed by atoms with Crippen LogP contribution >= 0.6 is 23.2 Å². The van der Waals surface area contributed by atoms with Crippen LogP contribution in [0.4, 0.5) is 5.69 Å². The zero-order valence-corrected chi connectivity index (χ0v) is 19.0. The Balaban J connectivity index is 1.68. The number of carbonyl (C=O) groups excluding carboxylic acids is 1. The monoisotopic (exact) mass is 475 g/mol. The minimum absolute atomic E-state index is 0.133. The minimum Gasteiger partial charge on any atom is -0.322 e. The van der Waals surface area contributed by atoms with Crippen LogP contribution in [-0.2, 0) is 10.0 Å². The lowest BCUT2D eigenvalue weighted by Crippen LogP contribution is -2.20. The van der Waals surface area contributed by atoms with Gasteiger partial charge in [-0.1, -0.05) is 53.0 Å². The summed E-state index contributed by atoms with van der Waals surface area (Å²) in [6.45, 7) is 3.56. The van der Waals surface area contributed by atoms with E-state index in [1.807, 2.05) is 6.92 Å². The van der Waals surface area contributed by atoms with Gasteiger partial charge >= 0.3 is 0 Å². The smallest absolute Gasteiger partial charge is 0.276 e. The number of amides is 1. The summed E-state index contributed by atoms with van der Waals surface area (Å²) < 4.78 is 24.7. The van der Waals surface area contributed by atoms with Crippen molar-refractivity contribution in [2.24, 2.45) is 5.10 Å². The first kappa shape index (κ1) is 22.8. The largest absolute Gasteiger partial charge is 0.322 e. The van der Waals surface area contributed by atoms with Crippen molar-refractivity contribution in [2.45, 2.75) is 18.7 Å². The van der Waals surface area contributed by atoms with Gasteiger partial charge in [-0.25, -0.2) is 0 Å². The number of rotatable bonds is 6. The molecule has 0 saturated carbocycles. The van der Waals surface area contributed by atoms with Crippen molar-refractivity contribution in [3.8, 4) is 0 Å². The fourth-order valence-corrected chi connectivity index (χ4v) is 3.98. The quantitative estimate of drug-likeness (QED) is 0.376. The molecule has 0 aliphatic carbocycles. The molecule has 0 unspecified atom stereocenters. The summed E-state index contributed by atoms with van der Waals surface area (Å²) in [4.78, 5) is 14.8. The van der Waals surface area contributed by atoms with Crippen LogP contribution in [0.15, 0.2) is 76.7 Å². The molecule has 0 bridgehead atoms. The normalized spacial score (nSPS) is 11.8. The number of benzene rings is 3. The van der Waals surface area contributed by atoms with Crippen molar-refractivity contribution >= 4 is 50.5 Å². The lowest BCUT2D eigenvalue weighted by molar-refractivity contribution is 0.102. The molecule has 31 heavy (non-hydrogen) atoms. The van der Waals surface area contributed by atoms with Crippen LogP contribution in [0.2, 0.25) is 10.0 Å². The molecule has 0 saturated heterocycles. The van der Waals surface area contributed by atoms with Gasteiger partial charge in [-0.05, 0) is 61.9 Å². The Morgan fingerprint density at radius 2 is 1.58 bits per heavy atom. The Labute approximate surface area is 190 Å². The molecular weight excluding hydrogens is 457 g/mol. The predicted octanol–water partition coefficient (Wildman–Crippen LogP) is 5.26. The van der Waals surface area contributed by atoms with E-state index in [-0.39, 0.29) is 15.8 Å². The number of sulfonamides is 1. The predicted molar refractivity (Wildman–Crippen MR) is 125 cm³/mol. The molecule has 0 radical (unpaired) electrons. The average molecular weight is 476 g/mol. The molecular formula is C22H19Cl2N3O3S. The van der Waals surface area contributed by atoms with E-state index in [0.29, 0.717) is 27.5 Å². The van der Waals surface area contributed by atoms with Gasteiger partial charge in [-0.15, -0.1) is 0 Å². The van der Waals surface area contributed by atoms with E-state index in [9.17, 15) is 13.2 Å². The third-order valence-electron chi connectivity index (χ3n) is 4.40. The van der Waals surface area contributed by atoms with Crippen LogP contribution < -0.4 is 10.1 Å². The molecule has 2 N–H and O–H groups in total. The van der Waals surface area contributed by atoms with Crippen molar-refractivity contribution in [2.75, 3.05) is 5.32 Å². The second-order valence-corrected chi connectivity index (χ2v) is 9.27. The molecule has 3 aromatic carbocycles. The molecule has 9 heteroatoms. The Morgan fingerprint density at radius 1 is 0.935 bits per heavy atom. The lowest BCUT2D eigenvalue weighted by atomic mass is 10.1. The van der Waals surface area contributed by atoms with Crippen molar-refractivity contribution in [1.82, 2.24) is 4.83 Å². The Kier molecular flexibility index (Phi) is 7.00. The lowest BCUT2D eigenvalue weighted by Gasteiger charge is -2.09. The molecule has 160 valence electrons. The van der Waals surface area contributed by atoms with E-state index in [1.54, 1.807) is 55.5 Å². The van der Waals surface area contributed by atoms with Gasteiger partial charge in [0.15, 0.2) is 0 Å². The SMILES string of the molecule is CC(=NNS(=O)(=O)c1ccc(C)cc1)c1ccc(NC(=O)c2ccc(Cl)cc2Cl)cc1. The number of hydrogen-bond acceptors (Lipinski definition) is 4. The molecule has 0 aromatic heterocycles. The van der Waals surface area contributed by atoms with E-state index in [4.69, 9.17) is 23.2 Å². The summed E-state index contributed by atoms with van der Waals surface area (Å²) in [5, 5.41) is 7.43. The van der Waals surface area contributed by atoms with Crippen LogP contribution in [-0.4, -0.2) is 20.0 Å².